The Morgan fingerprint density at radius 3 is 2.67 bits per heavy atom. The minimum Gasteiger partial charge on any atom is -0.375 e. The van der Waals surface area contributed by atoms with E-state index in [4.69, 9.17) is 8.92 Å². The summed E-state index contributed by atoms with van der Waals surface area (Å²) in [7, 11) is -3.70. The number of benzene rings is 1. The van der Waals surface area contributed by atoms with Crippen molar-refractivity contribution < 1.29 is 17.3 Å². The zero-order valence-electron chi connectivity index (χ0n) is 12.1. The molecule has 1 aromatic rings. The topological polar surface area (TPSA) is 52.6 Å². The SMILES string of the molecule is Cc1ccc(S(=O)(=O)OC2C3CCC4C(COC42)C3)cc1. The van der Waals surface area contributed by atoms with E-state index in [0.717, 1.165) is 31.4 Å². The summed E-state index contributed by atoms with van der Waals surface area (Å²) in [5.41, 5.74) is 1.03. The number of rotatable bonds is 3. The lowest BCUT2D eigenvalue weighted by molar-refractivity contribution is -0.0699. The first-order valence-electron chi connectivity index (χ1n) is 7.66. The Morgan fingerprint density at radius 1 is 1.14 bits per heavy atom. The van der Waals surface area contributed by atoms with E-state index in [1.54, 1.807) is 24.3 Å². The zero-order valence-corrected chi connectivity index (χ0v) is 12.9. The molecule has 4 aliphatic rings. The van der Waals surface area contributed by atoms with Gasteiger partial charge in [0.05, 0.1) is 17.6 Å². The molecule has 3 aliphatic carbocycles. The van der Waals surface area contributed by atoms with Crippen molar-refractivity contribution in [1.29, 1.82) is 0 Å². The number of hydrogen-bond donors (Lipinski definition) is 0. The van der Waals surface area contributed by atoms with Crippen molar-refractivity contribution in [1.82, 2.24) is 0 Å². The van der Waals surface area contributed by atoms with E-state index in [0.29, 0.717) is 17.8 Å². The van der Waals surface area contributed by atoms with E-state index < -0.39 is 10.1 Å². The largest absolute Gasteiger partial charge is 0.375 e. The van der Waals surface area contributed by atoms with Crippen molar-refractivity contribution in [3.8, 4) is 0 Å². The molecule has 5 heteroatoms. The fourth-order valence-electron chi connectivity index (χ4n) is 4.25. The van der Waals surface area contributed by atoms with Crippen LogP contribution in [0.25, 0.3) is 0 Å². The van der Waals surface area contributed by atoms with Crippen LogP contribution in [0.15, 0.2) is 29.2 Å². The van der Waals surface area contributed by atoms with Gasteiger partial charge in [0.15, 0.2) is 0 Å². The van der Waals surface area contributed by atoms with Gasteiger partial charge in [-0.3, -0.25) is 4.18 Å². The van der Waals surface area contributed by atoms with E-state index in [9.17, 15) is 8.42 Å². The third-order valence-electron chi connectivity index (χ3n) is 5.34. The molecule has 0 radical (unpaired) electrons. The quantitative estimate of drug-likeness (QED) is 0.805. The standard InChI is InChI=1S/C16H20O4S/c1-10-2-5-13(6-3-10)21(17,18)20-15-11-4-7-14-12(8-11)9-19-16(14)15/h2-3,5-6,11-12,14-16H,4,7-9H2,1H3. The maximum Gasteiger partial charge on any atom is 0.297 e. The molecule has 1 aromatic carbocycles. The van der Waals surface area contributed by atoms with Crippen LogP contribution in [-0.4, -0.2) is 27.2 Å². The summed E-state index contributed by atoms with van der Waals surface area (Å²) >= 11 is 0. The molecule has 5 atom stereocenters. The summed E-state index contributed by atoms with van der Waals surface area (Å²) in [6, 6.07) is 6.82. The highest BCUT2D eigenvalue weighted by Crippen LogP contribution is 2.52. The number of aryl methyl sites for hydroxylation is 1. The van der Waals surface area contributed by atoms with Crippen molar-refractivity contribution in [2.45, 2.75) is 43.3 Å². The van der Waals surface area contributed by atoms with Crippen LogP contribution in [-0.2, 0) is 19.0 Å². The minimum absolute atomic E-state index is 0.0253. The van der Waals surface area contributed by atoms with E-state index in [2.05, 4.69) is 0 Å². The maximum atomic E-state index is 12.5. The zero-order chi connectivity index (χ0) is 14.6. The Labute approximate surface area is 125 Å². The molecule has 3 saturated carbocycles. The predicted molar refractivity (Wildman–Crippen MR) is 77.3 cm³/mol. The molecule has 0 amide bonds. The fourth-order valence-corrected chi connectivity index (χ4v) is 5.39. The Hall–Kier alpha value is -0.910. The summed E-state index contributed by atoms with van der Waals surface area (Å²) < 4.78 is 36.4. The van der Waals surface area contributed by atoms with E-state index in [1.165, 1.54) is 0 Å². The molecule has 1 saturated heterocycles. The van der Waals surface area contributed by atoms with E-state index in [1.807, 2.05) is 6.92 Å². The molecule has 5 unspecified atom stereocenters. The highest BCUT2D eigenvalue weighted by Gasteiger charge is 2.55. The summed E-state index contributed by atoms with van der Waals surface area (Å²) in [6.45, 7) is 2.71. The Morgan fingerprint density at radius 2 is 1.90 bits per heavy atom. The van der Waals surface area contributed by atoms with Gasteiger partial charge in [-0.15, -0.1) is 0 Å². The first-order valence-corrected chi connectivity index (χ1v) is 9.07. The summed E-state index contributed by atoms with van der Waals surface area (Å²) in [5, 5.41) is 0. The molecule has 4 nitrogen and oxygen atoms in total. The second kappa shape index (κ2) is 4.80. The highest BCUT2D eigenvalue weighted by atomic mass is 32.2. The van der Waals surface area contributed by atoms with Gasteiger partial charge >= 0.3 is 0 Å². The van der Waals surface area contributed by atoms with Gasteiger partial charge in [0.1, 0.15) is 6.10 Å². The lowest BCUT2D eigenvalue weighted by atomic mass is 9.63. The lowest BCUT2D eigenvalue weighted by Crippen LogP contribution is -2.50. The van der Waals surface area contributed by atoms with Crippen LogP contribution < -0.4 is 0 Å². The van der Waals surface area contributed by atoms with Crippen molar-refractivity contribution in [3.63, 3.8) is 0 Å². The molecule has 1 heterocycles. The van der Waals surface area contributed by atoms with Crippen LogP contribution in [0.2, 0.25) is 0 Å². The first-order chi connectivity index (χ1) is 10.0. The fraction of sp³-hybridized carbons (Fsp3) is 0.625. The number of fused-ring (bicyclic) bond motifs is 1. The molecule has 0 aromatic heterocycles. The van der Waals surface area contributed by atoms with Gasteiger partial charge in [-0.1, -0.05) is 17.7 Å². The molecule has 4 fully saturated rings. The maximum absolute atomic E-state index is 12.5. The third-order valence-corrected chi connectivity index (χ3v) is 6.67. The molecular weight excluding hydrogens is 288 g/mol. The Bertz CT molecular complexity index is 637. The second-order valence-corrected chi connectivity index (χ2v) is 8.20. The average molecular weight is 308 g/mol. The van der Waals surface area contributed by atoms with Crippen LogP contribution in [0.4, 0.5) is 0 Å². The molecule has 4 bridgehead atoms. The van der Waals surface area contributed by atoms with Crippen LogP contribution in [0, 0.1) is 24.7 Å². The molecular formula is C16H20O4S. The van der Waals surface area contributed by atoms with Crippen LogP contribution in [0.5, 0.6) is 0 Å². The lowest BCUT2D eigenvalue weighted by Gasteiger charge is -2.45. The molecule has 21 heavy (non-hydrogen) atoms. The molecule has 114 valence electrons. The van der Waals surface area contributed by atoms with Crippen molar-refractivity contribution in [3.05, 3.63) is 29.8 Å². The van der Waals surface area contributed by atoms with Gasteiger partial charge in [0.25, 0.3) is 10.1 Å². The van der Waals surface area contributed by atoms with Crippen molar-refractivity contribution >= 4 is 10.1 Å². The number of ether oxygens (including phenoxy) is 1. The molecule has 0 spiro atoms. The Balaban J connectivity index is 1.59. The predicted octanol–water partition coefficient (Wildman–Crippen LogP) is 2.51. The van der Waals surface area contributed by atoms with Gasteiger partial charge < -0.3 is 4.74 Å². The van der Waals surface area contributed by atoms with Gasteiger partial charge in [0, 0.05) is 0 Å². The number of hydrogen-bond acceptors (Lipinski definition) is 4. The third kappa shape index (κ3) is 2.22. The van der Waals surface area contributed by atoms with E-state index in [-0.39, 0.29) is 17.1 Å². The van der Waals surface area contributed by atoms with Gasteiger partial charge in [-0.05, 0) is 56.1 Å². The van der Waals surface area contributed by atoms with Crippen LogP contribution in [0.1, 0.15) is 24.8 Å². The first kappa shape index (κ1) is 13.7. The average Bonchev–Trinajstić information content (AvgIpc) is 2.82. The summed E-state index contributed by atoms with van der Waals surface area (Å²) in [5.74, 6) is 1.44. The minimum atomic E-state index is -3.70. The van der Waals surface area contributed by atoms with E-state index >= 15 is 0 Å². The van der Waals surface area contributed by atoms with Gasteiger partial charge in [-0.25, -0.2) is 0 Å². The smallest absolute Gasteiger partial charge is 0.297 e. The second-order valence-electron chi connectivity index (χ2n) is 6.62. The Kier molecular flexibility index (Phi) is 3.14. The molecule has 5 rings (SSSR count). The summed E-state index contributed by atoms with van der Waals surface area (Å²) in [4.78, 5) is 0.240. The van der Waals surface area contributed by atoms with Crippen molar-refractivity contribution in [2.75, 3.05) is 6.61 Å². The monoisotopic (exact) mass is 308 g/mol. The summed E-state index contributed by atoms with van der Waals surface area (Å²) in [6.07, 6.45) is 2.95. The van der Waals surface area contributed by atoms with Gasteiger partial charge in [0.2, 0.25) is 0 Å². The highest BCUT2D eigenvalue weighted by molar-refractivity contribution is 7.86. The molecule has 1 aliphatic heterocycles. The van der Waals surface area contributed by atoms with Crippen molar-refractivity contribution in [2.24, 2.45) is 17.8 Å². The normalized spacial score (nSPS) is 37.9. The van der Waals surface area contributed by atoms with Gasteiger partial charge in [-0.2, -0.15) is 8.42 Å². The van der Waals surface area contributed by atoms with Crippen LogP contribution in [0.3, 0.4) is 0 Å². The van der Waals surface area contributed by atoms with Crippen LogP contribution >= 0.6 is 0 Å². The molecule has 0 N–H and O–H groups in total.